The zero-order chi connectivity index (χ0) is 22.5. The van der Waals surface area contributed by atoms with E-state index in [-0.39, 0.29) is 23.8 Å². The van der Waals surface area contributed by atoms with Crippen molar-refractivity contribution in [3.05, 3.63) is 48.0 Å². The number of nitrogens with one attached hydrogen (secondary N) is 1. The van der Waals surface area contributed by atoms with Crippen LogP contribution in [0.5, 0.6) is 0 Å². The average molecular weight is 438 g/mol. The van der Waals surface area contributed by atoms with Gasteiger partial charge in [-0.1, -0.05) is 50.2 Å². The monoisotopic (exact) mass is 437 g/mol. The Hall–Kier alpha value is -2.44. The van der Waals surface area contributed by atoms with E-state index in [1.54, 1.807) is 0 Å². The molecular formula is C26H35N3O3. The van der Waals surface area contributed by atoms with Crippen LogP contribution in [0.1, 0.15) is 37.0 Å². The molecule has 1 N–H and O–H groups in total. The van der Waals surface area contributed by atoms with E-state index >= 15 is 0 Å². The van der Waals surface area contributed by atoms with Crippen LogP contribution in [0.2, 0.25) is 0 Å². The number of rotatable bonds is 6. The highest BCUT2D eigenvalue weighted by molar-refractivity contribution is 6.07. The van der Waals surface area contributed by atoms with Crippen molar-refractivity contribution >= 4 is 22.6 Å². The summed E-state index contributed by atoms with van der Waals surface area (Å²) < 4.78 is 5.86. The maximum Gasteiger partial charge on any atom is 0.254 e. The normalized spacial score (nSPS) is 22.3. The molecule has 6 heteroatoms. The second kappa shape index (κ2) is 10.5. The van der Waals surface area contributed by atoms with E-state index in [0.29, 0.717) is 37.7 Å². The average Bonchev–Trinajstić information content (AvgIpc) is 2.81. The van der Waals surface area contributed by atoms with Crippen LogP contribution in [-0.4, -0.2) is 73.6 Å². The molecule has 0 radical (unpaired) electrons. The molecule has 0 unspecified atom stereocenters. The Labute approximate surface area is 190 Å². The summed E-state index contributed by atoms with van der Waals surface area (Å²) in [5, 5.41) is 5.12. The fourth-order valence-electron chi connectivity index (χ4n) is 4.90. The third-order valence-electron chi connectivity index (χ3n) is 6.45. The minimum Gasteiger partial charge on any atom is -0.374 e. The lowest BCUT2D eigenvalue weighted by atomic mass is 9.95. The number of hydrogen-bond donors (Lipinski definition) is 1. The lowest BCUT2D eigenvalue weighted by Crippen LogP contribution is -2.50. The van der Waals surface area contributed by atoms with Crippen molar-refractivity contribution in [2.24, 2.45) is 11.8 Å². The lowest BCUT2D eigenvalue weighted by molar-refractivity contribution is -0.127. The quantitative estimate of drug-likeness (QED) is 0.754. The largest absolute Gasteiger partial charge is 0.374 e. The number of fused-ring (bicyclic) bond motifs is 1. The smallest absolute Gasteiger partial charge is 0.254 e. The van der Waals surface area contributed by atoms with Crippen molar-refractivity contribution in [2.45, 2.75) is 32.8 Å². The van der Waals surface area contributed by atoms with Gasteiger partial charge in [-0.3, -0.25) is 14.5 Å². The Morgan fingerprint density at radius 2 is 1.91 bits per heavy atom. The highest BCUT2D eigenvalue weighted by Gasteiger charge is 2.30. The third-order valence-corrected chi connectivity index (χ3v) is 6.45. The summed E-state index contributed by atoms with van der Waals surface area (Å²) in [4.78, 5) is 30.4. The van der Waals surface area contributed by atoms with Gasteiger partial charge in [0.15, 0.2) is 0 Å². The molecule has 4 rings (SSSR count). The number of morpholine rings is 1. The van der Waals surface area contributed by atoms with Gasteiger partial charge in [-0.25, -0.2) is 0 Å². The van der Waals surface area contributed by atoms with E-state index in [2.05, 4.69) is 24.1 Å². The lowest BCUT2D eigenvalue weighted by Gasteiger charge is -2.35. The van der Waals surface area contributed by atoms with Crippen molar-refractivity contribution in [1.29, 1.82) is 0 Å². The number of benzene rings is 2. The molecule has 2 aliphatic rings. The number of ether oxygens (including phenoxy) is 1. The first-order chi connectivity index (χ1) is 15.5. The highest BCUT2D eigenvalue weighted by Crippen LogP contribution is 2.23. The first-order valence-electron chi connectivity index (χ1n) is 11.9. The zero-order valence-corrected chi connectivity index (χ0v) is 19.3. The molecule has 2 fully saturated rings. The van der Waals surface area contributed by atoms with Crippen LogP contribution in [-0.2, 0) is 9.53 Å². The number of nitrogens with zero attached hydrogens (tertiary/aromatic N) is 2. The van der Waals surface area contributed by atoms with Crippen LogP contribution in [0.25, 0.3) is 10.8 Å². The Kier molecular flexibility index (Phi) is 7.43. The van der Waals surface area contributed by atoms with Gasteiger partial charge in [0.2, 0.25) is 5.91 Å². The van der Waals surface area contributed by atoms with Crippen molar-refractivity contribution in [1.82, 2.24) is 15.1 Å². The van der Waals surface area contributed by atoms with Crippen LogP contribution in [0.3, 0.4) is 0 Å². The molecule has 2 aromatic rings. The number of amides is 2. The molecule has 0 spiro atoms. The number of hydrogen-bond acceptors (Lipinski definition) is 4. The summed E-state index contributed by atoms with van der Waals surface area (Å²) in [6.07, 6.45) is 1.69. The molecule has 2 atom stereocenters. The maximum absolute atomic E-state index is 13.3. The van der Waals surface area contributed by atoms with Crippen LogP contribution in [0, 0.1) is 11.8 Å². The first-order valence-corrected chi connectivity index (χ1v) is 11.9. The van der Waals surface area contributed by atoms with E-state index in [0.717, 1.165) is 43.2 Å². The standard InChI is InChI=1S/C26H35N3O3/c1-19(2)16-28-13-14-32-22(18-28)15-27-25(30)21-9-6-12-29(17-21)26(31)24-11-5-8-20-7-3-4-10-23(20)24/h3-5,7-8,10-11,19,21-22H,6,9,12-18H2,1-2H3,(H,27,30)/t21-,22+/m1/s1. The van der Waals surface area contributed by atoms with Gasteiger partial charge in [0.05, 0.1) is 18.6 Å². The summed E-state index contributed by atoms with van der Waals surface area (Å²) in [6.45, 7) is 9.72. The van der Waals surface area contributed by atoms with Gasteiger partial charge in [0, 0.05) is 44.8 Å². The molecule has 32 heavy (non-hydrogen) atoms. The van der Waals surface area contributed by atoms with E-state index < -0.39 is 0 Å². The van der Waals surface area contributed by atoms with Gasteiger partial charge in [0.1, 0.15) is 0 Å². The SMILES string of the molecule is CC(C)CN1CCO[C@@H](CNC(=O)[C@@H]2CCCN(C(=O)c3cccc4ccccc34)C2)C1. The summed E-state index contributed by atoms with van der Waals surface area (Å²) in [5.74, 6) is 0.498. The van der Waals surface area contributed by atoms with Crippen molar-refractivity contribution < 1.29 is 14.3 Å². The summed E-state index contributed by atoms with van der Waals surface area (Å²) in [7, 11) is 0. The summed E-state index contributed by atoms with van der Waals surface area (Å²) in [5.41, 5.74) is 0.713. The molecular weight excluding hydrogens is 402 g/mol. The molecule has 2 amide bonds. The second-order valence-electron chi connectivity index (χ2n) is 9.51. The van der Waals surface area contributed by atoms with Gasteiger partial charge >= 0.3 is 0 Å². The third kappa shape index (κ3) is 5.48. The van der Waals surface area contributed by atoms with Crippen LogP contribution >= 0.6 is 0 Å². The molecule has 0 bridgehead atoms. The molecule has 0 saturated carbocycles. The highest BCUT2D eigenvalue weighted by atomic mass is 16.5. The van der Waals surface area contributed by atoms with Crippen molar-refractivity contribution in [3.63, 3.8) is 0 Å². The van der Waals surface area contributed by atoms with Gasteiger partial charge in [0.25, 0.3) is 5.91 Å². The first kappa shape index (κ1) is 22.7. The summed E-state index contributed by atoms with van der Waals surface area (Å²) >= 11 is 0. The minimum absolute atomic E-state index is 0.0132. The molecule has 0 aliphatic carbocycles. The fraction of sp³-hybridized carbons (Fsp3) is 0.538. The number of carbonyl (C=O) groups excluding carboxylic acids is 2. The number of piperidine rings is 1. The summed E-state index contributed by atoms with van der Waals surface area (Å²) in [6, 6.07) is 13.8. The fourth-order valence-corrected chi connectivity index (χ4v) is 4.90. The molecule has 2 saturated heterocycles. The molecule has 2 aliphatic heterocycles. The second-order valence-corrected chi connectivity index (χ2v) is 9.51. The molecule has 172 valence electrons. The number of carbonyl (C=O) groups is 2. The van der Waals surface area contributed by atoms with Crippen LogP contribution in [0.15, 0.2) is 42.5 Å². The van der Waals surface area contributed by atoms with Crippen LogP contribution < -0.4 is 5.32 Å². The minimum atomic E-state index is -0.168. The van der Waals surface area contributed by atoms with Gasteiger partial charge in [-0.05, 0) is 35.6 Å². The maximum atomic E-state index is 13.3. The predicted octanol–water partition coefficient (Wildman–Crippen LogP) is 3.17. The van der Waals surface area contributed by atoms with Gasteiger partial charge in [-0.15, -0.1) is 0 Å². The van der Waals surface area contributed by atoms with Gasteiger partial charge < -0.3 is 15.0 Å². The van der Waals surface area contributed by atoms with Crippen LogP contribution in [0.4, 0.5) is 0 Å². The topological polar surface area (TPSA) is 61.9 Å². The van der Waals surface area contributed by atoms with E-state index in [4.69, 9.17) is 4.74 Å². The Morgan fingerprint density at radius 1 is 1.09 bits per heavy atom. The molecule has 6 nitrogen and oxygen atoms in total. The predicted molar refractivity (Wildman–Crippen MR) is 127 cm³/mol. The van der Waals surface area contributed by atoms with Gasteiger partial charge in [-0.2, -0.15) is 0 Å². The Balaban J connectivity index is 1.33. The Bertz CT molecular complexity index is 940. The molecule has 2 aromatic carbocycles. The van der Waals surface area contributed by atoms with E-state index in [1.165, 1.54) is 0 Å². The van der Waals surface area contributed by atoms with Crippen molar-refractivity contribution in [3.8, 4) is 0 Å². The molecule has 2 heterocycles. The molecule has 0 aromatic heterocycles. The van der Waals surface area contributed by atoms with Crippen molar-refractivity contribution in [2.75, 3.05) is 45.9 Å². The van der Waals surface area contributed by atoms with E-state index in [9.17, 15) is 9.59 Å². The zero-order valence-electron chi connectivity index (χ0n) is 19.3. The van der Waals surface area contributed by atoms with E-state index in [1.807, 2.05) is 47.4 Å². The Morgan fingerprint density at radius 3 is 2.75 bits per heavy atom. The number of likely N-dealkylation sites (tertiary alicyclic amines) is 1.